The molecule has 5 N–H and O–H groups in total. The average molecular weight is 515 g/mol. The number of hydrogen-bond acceptors (Lipinski definition) is 6. The van der Waals surface area contributed by atoms with Gasteiger partial charge in [0.2, 0.25) is 5.91 Å². The largest absolute Gasteiger partial charge is 0.405 e. The second-order valence-corrected chi connectivity index (χ2v) is 8.75. The van der Waals surface area contributed by atoms with E-state index in [0.29, 0.717) is 33.4 Å². The molecular weight excluding hydrogens is 489 g/mol. The van der Waals surface area contributed by atoms with Crippen LogP contribution in [0, 0.1) is 5.92 Å². The average Bonchev–Trinajstić information content (AvgIpc) is 3.53. The standard InChI is InChI=1S/C24H25F3N8O2/c1-13(2)20(23(37)32-12-24(25,26)27)34-17-5-14(7-28-9-17)19-11-30-21-18(19)6-15(8-29-21)22(36)31-10-16-3-4-33-35-16/h3-9,11,13,20,34H,10,12H2,1-2H3,(H,29,30)(H,31,36)(H,32,37)(H,33,35). The summed E-state index contributed by atoms with van der Waals surface area (Å²) in [5.41, 5.74) is 3.50. The lowest BCUT2D eigenvalue weighted by atomic mass is 10.0. The third-order valence-corrected chi connectivity index (χ3v) is 5.57. The van der Waals surface area contributed by atoms with E-state index in [-0.39, 0.29) is 18.4 Å². The van der Waals surface area contributed by atoms with Gasteiger partial charge < -0.3 is 20.9 Å². The molecule has 10 nitrogen and oxygen atoms in total. The number of nitrogens with zero attached hydrogens (tertiary/aromatic N) is 3. The van der Waals surface area contributed by atoms with Gasteiger partial charge in [0, 0.05) is 47.5 Å². The van der Waals surface area contributed by atoms with E-state index in [2.05, 4.69) is 35.8 Å². The van der Waals surface area contributed by atoms with Crippen molar-refractivity contribution in [3.8, 4) is 11.1 Å². The van der Waals surface area contributed by atoms with E-state index >= 15 is 0 Å². The third-order valence-electron chi connectivity index (χ3n) is 5.57. The molecule has 1 unspecified atom stereocenters. The summed E-state index contributed by atoms with van der Waals surface area (Å²) in [6.07, 6.45) is 3.37. The number of aromatic nitrogens is 5. The number of alkyl halides is 3. The Morgan fingerprint density at radius 2 is 1.92 bits per heavy atom. The second-order valence-electron chi connectivity index (χ2n) is 8.75. The smallest absolute Gasteiger partial charge is 0.372 e. The number of halogens is 3. The number of carbonyl (C=O) groups is 2. The minimum atomic E-state index is -4.50. The predicted molar refractivity (Wildman–Crippen MR) is 130 cm³/mol. The Bertz CT molecular complexity index is 1380. The molecule has 4 aromatic heterocycles. The Hall–Kier alpha value is -4.42. The Labute approximate surface area is 209 Å². The van der Waals surface area contributed by atoms with Crippen LogP contribution in [0.5, 0.6) is 0 Å². The van der Waals surface area contributed by atoms with Crippen LogP contribution < -0.4 is 16.0 Å². The highest BCUT2D eigenvalue weighted by molar-refractivity contribution is 6.01. The Morgan fingerprint density at radius 1 is 1.11 bits per heavy atom. The molecule has 4 rings (SSSR count). The van der Waals surface area contributed by atoms with Crippen LogP contribution in [-0.2, 0) is 11.3 Å². The molecule has 0 fully saturated rings. The normalized spacial score (nSPS) is 12.5. The summed E-state index contributed by atoms with van der Waals surface area (Å²) in [5, 5.41) is 15.0. The zero-order valence-electron chi connectivity index (χ0n) is 20.0. The number of carbonyl (C=O) groups excluding carboxylic acids is 2. The molecule has 0 aliphatic carbocycles. The first-order valence-electron chi connectivity index (χ1n) is 11.4. The monoisotopic (exact) mass is 514 g/mol. The van der Waals surface area contributed by atoms with Gasteiger partial charge >= 0.3 is 6.18 Å². The molecule has 0 aromatic carbocycles. The van der Waals surface area contributed by atoms with Gasteiger partial charge in [-0.25, -0.2) is 4.98 Å². The van der Waals surface area contributed by atoms with Crippen molar-refractivity contribution in [2.45, 2.75) is 32.6 Å². The van der Waals surface area contributed by atoms with E-state index in [0.717, 1.165) is 5.69 Å². The van der Waals surface area contributed by atoms with Crippen LogP contribution in [0.1, 0.15) is 29.9 Å². The maximum atomic E-state index is 12.6. The summed E-state index contributed by atoms with van der Waals surface area (Å²) < 4.78 is 37.6. The van der Waals surface area contributed by atoms with Crippen molar-refractivity contribution < 1.29 is 22.8 Å². The SMILES string of the molecule is CC(C)C(Nc1cncc(-c2c[nH]c3ncc(C(=O)NCc4ccn[nH]4)cc23)c1)C(=O)NCC(F)(F)F. The highest BCUT2D eigenvalue weighted by Gasteiger charge is 2.30. The van der Waals surface area contributed by atoms with Crippen LogP contribution in [-0.4, -0.2) is 55.7 Å². The number of H-pyrrole nitrogens is 2. The molecule has 0 aliphatic heterocycles. The van der Waals surface area contributed by atoms with Gasteiger partial charge in [0.15, 0.2) is 0 Å². The van der Waals surface area contributed by atoms with Crippen molar-refractivity contribution >= 4 is 28.5 Å². The zero-order valence-corrected chi connectivity index (χ0v) is 20.0. The Balaban J connectivity index is 1.54. The lowest BCUT2D eigenvalue weighted by Crippen LogP contribution is -2.46. The van der Waals surface area contributed by atoms with E-state index in [1.54, 1.807) is 50.6 Å². The summed E-state index contributed by atoms with van der Waals surface area (Å²) in [6.45, 7) is 2.33. The number of fused-ring (bicyclic) bond motifs is 1. The summed E-state index contributed by atoms with van der Waals surface area (Å²) in [4.78, 5) is 36.7. The summed E-state index contributed by atoms with van der Waals surface area (Å²) in [6, 6.07) is 4.28. The van der Waals surface area contributed by atoms with Crippen molar-refractivity contribution in [1.82, 2.24) is 35.8 Å². The molecule has 0 radical (unpaired) electrons. The third kappa shape index (κ3) is 6.42. The van der Waals surface area contributed by atoms with Gasteiger partial charge in [-0.05, 0) is 24.1 Å². The summed E-state index contributed by atoms with van der Waals surface area (Å²) >= 11 is 0. The molecule has 4 aromatic rings. The van der Waals surface area contributed by atoms with Crippen LogP contribution in [0.4, 0.5) is 18.9 Å². The van der Waals surface area contributed by atoms with Gasteiger partial charge in [0.05, 0.1) is 23.5 Å². The summed E-state index contributed by atoms with van der Waals surface area (Å²) in [7, 11) is 0. The molecular formula is C24H25F3N8O2. The molecule has 194 valence electrons. The van der Waals surface area contributed by atoms with Crippen molar-refractivity contribution in [2.75, 3.05) is 11.9 Å². The molecule has 0 saturated heterocycles. The van der Waals surface area contributed by atoms with Crippen molar-refractivity contribution in [3.05, 3.63) is 60.4 Å². The number of hydrogen-bond donors (Lipinski definition) is 5. The van der Waals surface area contributed by atoms with Crippen molar-refractivity contribution in [2.24, 2.45) is 5.92 Å². The molecule has 1 atom stereocenters. The van der Waals surface area contributed by atoms with Gasteiger partial charge in [0.25, 0.3) is 5.91 Å². The number of rotatable bonds is 9. The van der Waals surface area contributed by atoms with Crippen molar-refractivity contribution in [3.63, 3.8) is 0 Å². The maximum absolute atomic E-state index is 12.6. The molecule has 0 bridgehead atoms. The van der Waals surface area contributed by atoms with E-state index in [4.69, 9.17) is 0 Å². The van der Waals surface area contributed by atoms with Gasteiger partial charge in [0.1, 0.15) is 18.2 Å². The van der Waals surface area contributed by atoms with E-state index in [1.165, 1.54) is 12.4 Å². The van der Waals surface area contributed by atoms with Crippen LogP contribution in [0.2, 0.25) is 0 Å². The van der Waals surface area contributed by atoms with Crippen LogP contribution in [0.3, 0.4) is 0 Å². The summed E-state index contributed by atoms with van der Waals surface area (Å²) in [5.74, 6) is -1.37. The van der Waals surface area contributed by atoms with Gasteiger partial charge in [-0.3, -0.25) is 19.7 Å². The first-order chi connectivity index (χ1) is 17.6. The fraction of sp³-hybridized carbons (Fsp3) is 0.292. The maximum Gasteiger partial charge on any atom is 0.405 e. The first-order valence-corrected chi connectivity index (χ1v) is 11.4. The van der Waals surface area contributed by atoms with E-state index < -0.39 is 24.7 Å². The van der Waals surface area contributed by atoms with Gasteiger partial charge in [-0.2, -0.15) is 18.3 Å². The van der Waals surface area contributed by atoms with Crippen LogP contribution >= 0.6 is 0 Å². The Morgan fingerprint density at radius 3 is 2.62 bits per heavy atom. The molecule has 2 amide bonds. The topological polar surface area (TPSA) is 140 Å². The highest BCUT2D eigenvalue weighted by atomic mass is 19.4. The number of pyridine rings is 2. The first kappa shape index (κ1) is 25.7. The van der Waals surface area contributed by atoms with Crippen LogP contribution in [0.15, 0.2) is 49.2 Å². The molecule has 4 heterocycles. The number of aromatic amines is 2. The zero-order chi connectivity index (χ0) is 26.6. The molecule has 37 heavy (non-hydrogen) atoms. The fourth-order valence-electron chi connectivity index (χ4n) is 3.71. The fourth-order valence-corrected chi connectivity index (χ4v) is 3.71. The number of nitrogens with one attached hydrogen (secondary N) is 5. The van der Waals surface area contributed by atoms with Crippen LogP contribution in [0.25, 0.3) is 22.2 Å². The molecule has 0 saturated carbocycles. The minimum Gasteiger partial charge on any atom is -0.372 e. The lowest BCUT2D eigenvalue weighted by Gasteiger charge is -2.23. The highest BCUT2D eigenvalue weighted by Crippen LogP contribution is 2.30. The number of anilines is 1. The molecule has 13 heteroatoms. The molecule has 0 aliphatic rings. The Kier molecular flexibility index (Phi) is 7.41. The van der Waals surface area contributed by atoms with Crippen molar-refractivity contribution in [1.29, 1.82) is 0 Å². The van der Waals surface area contributed by atoms with Gasteiger partial charge in [-0.1, -0.05) is 13.8 Å². The van der Waals surface area contributed by atoms with Gasteiger partial charge in [-0.15, -0.1) is 0 Å². The lowest BCUT2D eigenvalue weighted by molar-refractivity contribution is -0.139. The van der Waals surface area contributed by atoms with E-state index in [1.807, 2.05) is 5.32 Å². The minimum absolute atomic E-state index is 0.280. The quantitative estimate of drug-likeness (QED) is 0.232. The second kappa shape index (κ2) is 10.7. The molecule has 0 spiro atoms. The van der Waals surface area contributed by atoms with E-state index in [9.17, 15) is 22.8 Å². The predicted octanol–water partition coefficient (Wildman–Crippen LogP) is 3.39. The number of amides is 2.